The summed E-state index contributed by atoms with van der Waals surface area (Å²) in [5.41, 5.74) is 1.32. The zero-order valence-electron chi connectivity index (χ0n) is 18.9. The fourth-order valence-corrected chi connectivity index (χ4v) is 4.29. The number of nitrogens with one attached hydrogen (secondary N) is 2. The van der Waals surface area contributed by atoms with E-state index in [0.717, 1.165) is 29.8 Å². The van der Waals surface area contributed by atoms with Gasteiger partial charge in [0.2, 0.25) is 5.91 Å². The first-order valence-electron chi connectivity index (χ1n) is 10.2. The van der Waals surface area contributed by atoms with Crippen LogP contribution in [0.3, 0.4) is 0 Å². The first-order valence-corrected chi connectivity index (χ1v) is 11.7. The van der Waals surface area contributed by atoms with E-state index < -0.39 is 15.8 Å². The molecule has 180 valence electrons. The van der Waals surface area contributed by atoms with Gasteiger partial charge in [0.1, 0.15) is 23.1 Å². The molecule has 0 aromatic heterocycles. The molecule has 0 unspecified atom stereocenters. The first-order chi connectivity index (χ1) is 16.2. The number of carbonyl (C=O) groups excluding carboxylic acids is 1. The fraction of sp³-hybridized carbons (Fsp3) is 0.208. The molecule has 0 fully saturated rings. The van der Waals surface area contributed by atoms with E-state index in [1.54, 1.807) is 32.4 Å². The second-order valence-corrected chi connectivity index (χ2v) is 8.88. The number of aryl methyl sites for hydroxylation is 1. The van der Waals surface area contributed by atoms with Crippen LogP contribution in [-0.4, -0.2) is 35.7 Å². The predicted octanol–water partition coefficient (Wildman–Crippen LogP) is 4.22. The summed E-state index contributed by atoms with van der Waals surface area (Å²) in [5, 5.41) is 2.75. The van der Waals surface area contributed by atoms with Gasteiger partial charge in [-0.15, -0.1) is 0 Å². The molecule has 0 saturated carbocycles. The van der Waals surface area contributed by atoms with Crippen LogP contribution in [0.4, 0.5) is 15.8 Å². The minimum absolute atomic E-state index is 0.113. The molecule has 8 nitrogen and oxygen atoms in total. The number of sulfonamides is 1. The van der Waals surface area contributed by atoms with Crippen LogP contribution in [0, 0.1) is 5.82 Å². The van der Waals surface area contributed by atoms with Crippen LogP contribution in [-0.2, 0) is 21.2 Å². The van der Waals surface area contributed by atoms with Gasteiger partial charge >= 0.3 is 0 Å². The molecule has 0 saturated heterocycles. The van der Waals surface area contributed by atoms with Gasteiger partial charge in [0, 0.05) is 12.1 Å². The van der Waals surface area contributed by atoms with Crippen LogP contribution in [0.1, 0.15) is 12.0 Å². The van der Waals surface area contributed by atoms with Crippen molar-refractivity contribution in [2.75, 3.05) is 31.4 Å². The third-order valence-electron chi connectivity index (χ3n) is 4.96. The Balaban J connectivity index is 1.73. The maximum absolute atomic E-state index is 13.2. The lowest BCUT2D eigenvalue weighted by atomic mass is 10.1. The van der Waals surface area contributed by atoms with Gasteiger partial charge in [-0.25, -0.2) is 12.8 Å². The Hall–Kier alpha value is -3.79. The van der Waals surface area contributed by atoms with Crippen molar-refractivity contribution in [1.82, 2.24) is 0 Å². The van der Waals surface area contributed by atoms with Crippen molar-refractivity contribution in [3.63, 3.8) is 0 Å². The molecule has 0 spiro atoms. The molecule has 0 heterocycles. The van der Waals surface area contributed by atoms with Crippen LogP contribution in [0.2, 0.25) is 0 Å². The number of hydrogen-bond acceptors (Lipinski definition) is 6. The predicted molar refractivity (Wildman–Crippen MR) is 127 cm³/mol. The molecule has 34 heavy (non-hydrogen) atoms. The third-order valence-corrected chi connectivity index (χ3v) is 6.34. The van der Waals surface area contributed by atoms with Crippen molar-refractivity contribution in [3.8, 4) is 17.2 Å². The van der Waals surface area contributed by atoms with Gasteiger partial charge in [0.15, 0.2) is 0 Å². The SMILES string of the molecule is COc1ccc(OC)c(CCC(=O)Nc2ccc(OC)c(NS(=O)(=O)c3ccc(F)cc3)c2)c1. The third kappa shape index (κ3) is 6.16. The highest BCUT2D eigenvalue weighted by molar-refractivity contribution is 7.92. The van der Waals surface area contributed by atoms with E-state index in [1.165, 1.54) is 19.2 Å². The van der Waals surface area contributed by atoms with Gasteiger partial charge in [-0.2, -0.15) is 0 Å². The highest BCUT2D eigenvalue weighted by Crippen LogP contribution is 2.30. The van der Waals surface area contributed by atoms with Crippen LogP contribution in [0.25, 0.3) is 0 Å². The normalized spacial score (nSPS) is 10.9. The number of halogens is 1. The van der Waals surface area contributed by atoms with E-state index in [2.05, 4.69) is 10.0 Å². The number of methoxy groups -OCH3 is 3. The number of ether oxygens (including phenoxy) is 3. The lowest BCUT2D eigenvalue weighted by Gasteiger charge is -2.14. The molecule has 0 atom stereocenters. The van der Waals surface area contributed by atoms with E-state index >= 15 is 0 Å². The van der Waals surface area contributed by atoms with Gasteiger partial charge in [-0.3, -0.25) is 9.52 Å². The summed E-state index contributed by atoms with van der Waals surface area (Å²) in [5.74, 6) is 0.736. The lowest BCUT2D eigenvalue weighted by molar-refractivity contribution is -0.116. The quantitative estimate of drug-likeness (QED) is 0.443. The molecule has 0 aliphatic rings. The Labute approximate surface area is 197 Å². The molecule has 3 rings (SSSR count). The topological polar surface area (TPSA) is 103 Å². The minimum Gasteiger partial charge on any atom is -0.497 e. The smallest absolute Gasteiger partial charge is 0.262 e. The first kappa shape index (κ1) is 24.8. The van der Waals surface area contributed by atoms with Gasteiger partial charge in [-0.05, 0) is 72.6 Å². The molecule has 10 heteroatoms. The molecule has 1 amide bonds. The number of anilines is 2. The second kappa shape index (κ2) is 10.9. The molecule has 3 aromatic carbocycles. The Morgan fingerprint density at radius 3 is 2.21 bits per heavy atom. The lowest BCUT2D eigenvalue weighted by Crippen LogP contribution is -2.15. The Morgan fingerprint density at radius 2 is 1.56 bits per heavy atom. The fourth-order valence-electron chi connectivity index (χ4n) is 3.23. The Bertz CT molecular complexity index is 1260. The standard InChI is InChI=1S/C24H25FN2O6S/c1-31-19-8-12-22(32-2)16(14-19)4-13-24(28)26-18-7-11-23(33-3)21(15-18)27-34(29,30)20-9-5-17(25)6-10-20/h5-12,14-15,27H,4,13H2,1-3H3,(H,26,28). The van der Waals surface area contributed by atoms with Gasteiger partial charge in [-0.1, -0.05) is 0 Å². The zero-order valence-corrected chi connectivity index (χ0v) is 19.7. The molecule has 0 bridgehead atoms. The second-order valence-electron chi connectivity index (χ2n) is 7.20. The summed E-state index contributed by atoms with van der Waals surface area (Å²) in [6.07, 6.45) is 0.568. The summed E-state index contributed by atoms with van der Waals surface area (Å²) in [6, 6.07) is 14.3. The number of hydrogen-bond donors (Lipinski definition) is 2. The molecular weight excluding hydrogens is 463 g/mol. The number of amides is 1. The molecule has 0 radical (unpaired) electrons. The zero-order chi connectivity index (χ0) is 24.7. The maximum Gasteiger partial charge on any atom is 0.262 e. The molecular formula is C24H25FN2O6S. The highest BCUT2D eigenvalue weighted by Gasteiger charge is 2.18. The van der Waals surface area contributed by atoms with Gasteiger partial charge in [0.25, 0.3) is 10.0 Å². The van der Waals surface area contributed by atoms with Crippen LogP contribution >= 0.6 is 0 Å². The molecule has 0 aliphatic carbocycles. The minimum atomic E-state index is -4.00. The number of benzene rings is 3. The van der Waals surface area contributed by atoms with Crippen molar-refractivity contribution < 1.29 is 31.8 Å². The molecule has 3 aromatic rings. The van der Waals surface area contributed by atoms with Crippen molar-refractivity contribution in [1.29, 1.82) is 0 Å². The largest absolute Gasteiger partial charge is 0.497 e. The van der Waals surface area contributed by atoms with Gasteiger partial charge in [0.05, 0.1) is 31.9 Å². The van der Waals surface area contributed by atoms with Crippen molar-refractivity contribution in [2.24, 2.45) is 0 Å². The number of rotatable bonds is 10. The summed E-state index contributed by atoms with van der Waals surface area (Å²) < 4.78 is 56.7. The van der Waals surface area contributed by atoms with E-state index in [9.17, 15) is 17.6 Å². The number of carbonyl (C=O) groups is 1. The average molecular weight is 489 g/mol. The average Bonchev–Trinajstić information content (AvgIpc) is 2.82. The highest BCUT2D eigenvalue weighted by atomic mass is 32.2. The van der Waals surface area contributed by atoms with E-state index in [4.69, 9.17) is 14.2 Å². The Morgan fingerprint density at radius 1 is 0.882 bits per heavy atom. The summed E-state index contributed by atoms with van der Waals surface area (Å²) >= 11 is 0. The summed E-state index contributed by atoms with van der Waals surface area (Å²) in [7, 11) is 0.502. The monoisotopic (exact) mass is 488 g/mol. The van der Waals surface area contributed by atoms with Crippen molar-refractivity contribution >= 4 is 27.3 Å². The maximum atomic E-state index is 13.2. The van der Waals surface area contributed by atoms with Crippen LogP contribution < -0.4 is 24.2 Å². The summed E-state index contributed by atoms with van der Waals surface area (Å²) in [4.78, 5) is 12.4. The van der Waals surface area contributed by atoms with E-state index in [-0.39, 0.29) is 28.7 Å². The van der Waals surface area contributed by atoms with Gasteiger partial charge < -0.3 is 19.5 Å². The van der Waals surface area contributed by atoms with Crippen molar-refractivity contribution in [2.45, 2.75) is 17.7 Å². The van der Waals surface area contributed by atoms with Crippen LogP contribution in [0.5, 0.6) is 17.2 Å². The molecule has 2 N–H and O–H groups in total. The van der Waals surface area contributed by atoms with Crippen molar-refractivity contribution in [3.05, 3.63) is 72.0 Å². The van der Waals surface area contributed by atoms with E-state index in [1.807, 2.05) is 6.07 Å². The Kier molecular flexibility index (Phi) is 7.95. The molecule has 0 aliphatic heterocycles. The van der Waals surface area contributed by atoms with E-state index in [0.29, 0.717) is 23.6 Å². The summed E-state index contributed by atoms with van der Waals surface area (Å²) in [6.45, 7) is 0. The van der Waals surface area contributed by atoms with Crippen LogP contribution in [0.15, 0.2) is 65.6 Å².